The zero-order valence-electron chi connectivity index (χ0n) is 14.4. The van der Waals surface area contributed by atoms with Gasteiger partial charge < -0.3 is 20.7 Å². The van der Waals surface area contributed by atoms with Gasteiger partial charge in [0.25, 0.3) is 0 Å². The summed E-state index contributed by atoms with van der Waals surface area (Å²) in [6, 6.07) is 11.0. The highest BCUT2D eigenvalue weighted by Crippen LogP contribution is 2.36. The van der Waals surface area contributed by atoms with E-state index < -0.39 is 12.7 Å². The fraction of sp³-hybridized carbons (Fsp3) is 0.211. The van der Waals surface area contributed by atoms with E-state index in [-0.39, 0.29) is 22.7 Å². The summed E-state index contributed by atoms with van der Waals surface area (Å²) >= 11 is 1.09. The lowest BCUT2D eigenvalue weighted by Crippen LogP contribution is -2.15. The van der Waals surface area contributed by atoms with Crippen molar-refractivity contribution in [2.75, 3.05) is 24.7 Å². The fourth-order valence-electron chi connectivity index (χ4n) is 2.29. The monoisotopic (exact) mass is 382 g/mol. The summed E-state index contributed by atoms with van der Waals surface area (Å²) in [7, 11) is 0. The molecule has 0 aliphatic heterocycles. The van der Waals surface area contributed by atoms with Crippen LogP contribution in [0.15, 0.2) is 41.9 Å². The van der Waals surface area contributed by atoms with E-state index in [0.29, 0.717) is 28.5 Å². The molecule has 1 heterocycles. The van der Waals surface area contributed by atoms with E-state index in [9.17, 15) is 15.6 Å². The van der Waals surface area contributed by atoms with E-state index in [0.717, 1.165) is 11.8 Å². The number of nitrogens with zero attached hydrogens (tertiary/aromatic N) is 3. The van der Waals surface area contributed by atoms with Crippen molar-refractivity contribution in [3.8, 4) is 29.0 Å². The predicted octanol–water partition coefficient (Wildman–Crippen LogP) is 2.08. The van der Waals surface area contributed by atoms with Crippen LogP contribution in [0.25, 0.3) is 11.1 Å². The molecular weight excluding hydrogens is 364 g/mol. The van der Waals surface area contributed by atoms with Gasteiger partial charge in [-0.25, -0.2) is 4.98 Å². The maximum absolute atomic E-state index is 9.66. The molecule has 0 bridgehead atoms. The number of aliphatic hydroxyl groups is 2. The molecule has 0 radical (unpaired) electrons. The molecule has 7 nitrogen and oxygen atoms in total. The lowest BCUT2D eigenvalue weighted by Gasteiger charge is -2.14. The average Bonchev–Trinajstić information content (AvgIpc) is 2.70. The number of aromatic nitrogens is 1. The number of anilines is 1. The Hall–Kier alpha value is -3.04. The minimum Gasteiger partial charge on any atom is -0.490 e. The molecule has 0 amide bonds. The van der Waals surface area contributed by atoms with Gasteiger partial charge in [-0.3, -0.25) is 0 Å². The number of ether oxygens (including phenoxy) is 1. The number of pyridine rings is 1. The second-order valence-corrected chi connectivity index (χ2v) is 6.43. The Morgan fingerprint density at radius 3 is 2.48 bits per heavy atom. The molecule has 8 heteroatoms. The summed E-state index contributed by atoms with van der Waals surface area (Å²) in [6.07, 6.45) is 0.675. The summed E-state index contributed by atoms with van der Waals surface area (Å²) < 4.78 is 5.44. The molecule has 1 aromatic carbocycles. The maximum atomic E-state index is 9.66. The Morgan fingerprint density at radius 2 is 1.93 bits per heavy atom. The van der Waals surface area contributed by atoms with Crippen LogP contribution in [-0.4, -0.2) is 40.3 Å². The van der Waals surface area contributed by atoms with Crippen LogP contribution < -0.4 is 10.5 Å². The minimum atomic E-state index is -0.954. The quantitative estimate of drug-likeness (QED) is 0.466. The van der Waals surface area contributed by atoms with E-state index in [2.05, 4.69) is 17.6 Å². The van der Waals surface area contributed by atoms with Crippen LogP contribution in [0, 0.1) is 22.7 Å². The second-order valence-electron chi connectivity index (χ2n) is 5.42. The van der Waals surface area contributed by atoms with Gasteiger partial charge in [0.15, 0.2) is 0 Å². The molecule has 0 saturated heterocycles. The first-order valence-electron chi connectivity index (χ1n) is 7.95. The van der Waals surface area contributed by atoms with Gasteiger partial charge in [-0.15, -0.1) is 11.8 Å². The van der Waals surface area contributed by atoms with Gasteiger partial charge >= 0.3 is 0 Å². The third-order valence-electron chi connectivity index (χ3n) is 3.55. The first kappa shape index (κ1) is 20.3. The van der Waals surface area contributed by atoms with Crippen LogP contribution >= 0.6 is 11.8 Å². The molecule has 2 rings (SSSR count). The van der Waals surface area contributed by atoms with E-state index in [1.54, 1.807) is 30.3 Å². The Kier molecular flexibility index (Phi) is 7.21. The lowest BCUT2D eigenvalue weighted by atomic mass is 9.97. The highest BCUT2D eigenvalue weighted by molar-refractivity contribution is 7.99. The van der Waals surface area contributed by atoms with Crippen molar-refractivity contribution in [1.29, 1.82) is 10.5 Å². The molecule has 1 atom stereocenters. The van der Waals surface area contributed by atoms with Crippen molar-refractivity contribution in [3.05, 3.63) is 48.0 Å². The first-order valence-corrected chi connectivity index (χ1v) is 8.93. The van der Waals surface area contributed by atoms with Gasteiger partial charge in [-0.1, -0.05) is 24.8 Å². The predicted molar refractivity (Wildman–Crippen MR) is 103 cm³/mol. The Balaban J connectivity index is 2.53. The maximum Gasteiger partial charge on any atom is 0.143 e. The highest BCUT2D eigenvalue weighted by atomic mass is 32.2. The van der Waals surface area contributed by atoms with Crippen molar-refractivity contribution >= 4 is 17.6 Å². The van der Waals surface area contributed by atoms with E-state index in [1.165, 1.54) is 0 Å². The van der Waals surface area contributed by atoms with Crippen molar-refractivity contribution in [3.63, 3.8) is 0 Å². The number of hydrogen-bond acceptors (Lipinski definition) is 8. The van der Waals surface area contributed by atoms with Crippen molar-refractivity contribution in [2.45, 2.75) is 11.1 Å². The molecule has 0 spiro atoms. The van der Waals surface area contributed by atoms with Crippen molar-refractivity contribution < 1.29 is 14.9 Å². The van der Waals surface area contributed by atoms with E-state index in [1.807, 2.05) is 6.07 Å². The largest absolute Gasteiger partial charge is 0.490 e. The normalized spacial score (nSPS) is 11.3. The first-order chi connectivity index (χ1) is 13.0. The van der Waals surface area contributed by atoms with E-state index >= 15 is 0 Å². The molecule has 0 fully saturated rings. The molecule has 0 aliphatic carbocycles. The minimum absolute atomic E-state index is 0.000489. The number of nitriles is 2. The van der Waals surface area contributed by atoms with Gasteiger partial charge in [0.05, 0.1) is 18.3 Å². The van der Waals surface area contributed by atoms with Gasteiger partial charge in [0.1, 0.15) is 40.9 Å². The van der Waals surface area contributed by atoms with Crippen molar-refractivity contribution in [2.24, 2.45) is 0 Å². The molecular formula is C19H18N4O3S. The van der Waals surface area contributed by atoms with Crippen LogP contribution in [0.1, 0.15) is 11.1 Å². The van der Waals surface area contributed by atoms with Crippen LogP contribution in [0.5, 0.6) is 5.75 Å². The Morgan fingerprint density at radius 1 is 1.26 bits per heavy atom. The summed E-state index contributed by atoms with van der Waals surface area (Å²) in [5.41, 5.74) is 7.22. The molecule has 0 saturated carbocycles. The molecule has 1 aromatic heterocycles. The van der Waals surface area contributed by atoms with Gasteiger partial charge in [0, 0.05) is 11.3 Å². The number of nitrogens with two attached hydrogens (primary N) is 1. The molecule has 2 aromatic rings. The number of thioether (sulfide) groups is 1. The van der Waals surface area contributed by atoms with Crippen LogP contribution in [0.2, 0.25) is 0 Å². The standard InChI is InChI=1S/C19H18N4O3S/c1-2-7-26-14-5-3-12(4-6-14)17-15(8-20)18(22)23-19(16(17)9-21)27-11-13(25)10-24/h2-6,13,24-25H,1,7,10-11H2,(H2,22,23). The number of nitrogen functional groups attached to an aromatic ring is 1. The third kappa shape index (κ3) is 4.78. The SMILES string of the molecule is C=CCOc1ccc(-c2c(C#N)c(N)nc(SCC(O)CO)c2C#N)cc1. The summed E-state index contributed by atoms with van der Waals surface area (Å²) in [5, 5.41) is 38.0. The second kappa shape index (κ2) is 9.60. The van der Waals surface area contributed by atoms with Crippen LogP contribution in [-0.2, 0) is 0 Å². The smallest absolute Gasteiger partial charge is 0.143 e. The fourth-order valence-corrected chi connectivity index (χ4v) is 3.20. The topological polar surface area (TPSA) is 136 Å². The zero-order valence-corrected chi connectivity index (χ0v) is 15.2. The van der Waals surface area contributed by atoms with Gasteiger partial charge in [0.2, 0.25) is 0 Å². The lowest BCUT2D eigenvalue weighted by molar-refractivity contribution is 0.113. The number of benzene rings is 1. The zero-order chi connectivity index (χ0) is 19.8. The molecule has 1 unspecified atom stereocenters. The van der Waals surface area contributed by atoms with Crippen LogP contribution in [0.4, 0.5) is 5.82 Å². The van der Waals surface area contributed by atoms with Gasteiger partial charge in [-0.05, 0) is 17.7 Å². The van der Waals surface area contributed by atoms with Crippen molar-refractivity contribution in [1.82, 2.24) is 4.98 Å². The molecule has 4 N–H and O–H groups in total. The molecule has 138 valence electrons. The summed E-state index contributed by atoms with van der Waals surface area (Å²) in [4.78, 5) is 4.13. The number of aliphatic hydroxyl groups excluding tert-OH is 2. The Labute approximate surface area is 161 Å². The average molecular weight is 382 g/mol. The number of rotatable bonds is 8. The van der Waals surface area contributed by atoms with E-state index in [4.69, 9.17) is 15.6 Å². The number of hydrogen-bond donors (Lipinski definition) is 3. The van der Waals surface area contributed by atoms with Crippen LogP contribution in [0.3, 0.4) is 0 Å². The Bertz CT molecular complexity index is 901. The van der Waals surface area contributed by atoms with Gasteiger partial charge in [-0.2, -0.15) is 10.5 Å². The third-order valence-corrected chi connectivity index (χ3v) is 4.67. The molecule has 0 aliphatic rings. The summed E-state index contributed by atoms with van der Waals surface area (Å²) in [6.45, 7) is 3.55. The molecule has 27 heavy (non-hydrogen) atoms. The highest BCUT2D eigenvalue weighted by Gasteiger charge is 2.21. The summed E-state index contributed by atoms with van der Waals surface area (Å²) in [5.74, 6) is 0.759.